The predicted molar refractivity (Wildman–Crippen MR) is 87.2 cm³/mol. The summed E-state index contributed by atoms with van der Waals surface area (Å²) < 4.78 is 6.05. The minimum Gasteiger partial charge on any atom is -0.459 e. The summed E-state index contributed by atoms with van der Waals surface area (Å²) in [5, 5.41) is 4.50. The van der Waals surface area contributed by atoms with Gasteiger partial charge in [0.05, 0.1) is 6.54 Å². The minimum atomic E-state index is 0.648. The molecule has 0 saturated carbocycles. The molecule has 2 aromatic rings. The summed E-state index contributed by atoms with van der Waals surface area (Å²) in [7, 11) is 1.97. The van der Waals surface area contributed by atoms with Gasteiger partial charge < -0.3 is 9.73 Å². The molecule has 1 aliphatic heterocycles. The monoisotopic (exact) mass is 286 g/mol. The molecular weight excluding hydrogens is 260 g/mol. The number of benzene rings is 1. The van der Waals surface area contributed by atoms with Crippen molar-refractivity contribution >= 4 is 11.0 Å². The fraction of sp³-hybridized carbons (Fsp3) is 0.556. The van der Waals surface area contributed by atoms with Gasteiger partial charge in [-0.25, -0.2) is 0 Å². The fourth-order valence-electron chi connectivity index (χ4n) is 3.47. The van der Waals surface area contributed by atoms with Crippen LogP contribution in [0.1, 0.15) is 38.0 Å². The minimum absolute atomic E-state index is 0.648. The Bertz CT molecular complexity index is 604. The number of para-hydroxylation sites is 1. The number of nitrogens with one attached hydrogen (secondary N) is 1. The van der Waals surface area contributed by atoms with E-state index in [0.29, 0.717) is 6.04 Å². The lowest BCUT2D eigenvalue weighted by Crippen LogP contribution is -2.41. The van der Waals surface area contributed by atoms with Crippen molar-refractivity contribution in [3.8, 4) is 0 Å². The molecule has 1 saturated heterocycles. The molecule has 1 N–H and O–H groups in total. The van der Waals surface area contributed by atoms with Gasteiger partial charge in [0.15, 0.2) is 0 Å². The molecule has 3 heteroatoms. The van der Waals surface area contributed by atoms with Crippen molar-refractivity contribution in [1.29, 1.82) is 0 Å². The van der Waals surface area contributed by atoms with Gasteiger partial charge in [0.25, 0.3) is 0 Å². The normalized spacial score (nSPS) is 23.8. The Hall–Kier alpha value is -1.32. The quantitative estimate of drug-likeness (QED) is 0.927. The van der Waals surface area contributed by atoms with Gasteiger partial charge in [-0.2, -0.15) is 0 Å². The largest absolute Gasteiger partial charge is 0.459 e. The number of likely N-dealkylation sites (tertiary alicyclic amines) is 1. The summed E-state index contributed by atoms with van der Waals surface area (Å²) in [5.74, 6) is 1.87. The molecule has 3 rings (SSSR count). The van der Waals surface area contributed by atoms with Crippen molar-refractivity contribution in [2.24, 2.45) is 5.92 Å². The van der Waals surface area contributed by atoms with Gasteiger partial charge in [-0.15, -0.1) is 0 Å². The van der Waals surface area contributed by atoms with E-state index in [2.05, 4.69) is 42.3 Å². The Labute approximate surface area is 127 Å². The first-order valence-corrected chi connectivity index (χ1v) is 8.08. The van der Waals surface area contributed by atoms with Gasteiger partial charge in [0.2, 0.25) is 0 Å². The van der Waals surface area contributed by atoms with Crippen molar-refractivity contribution in [2.75, 3.05) is 13.6 Å². The van der Waals surface area contributed by atoms with Crippen LogP contribution in [0.3, 0.4) is 0 Å². The highest BCUT2D eigenvalue weighted by Crippen LogP contribution is 2.30. The van der Waals surface area contributed by atoms with Crippen LogP contribution in [0, 0.1) is 5.92 Å². The summed E-state index contributed by atoms with van der Waals surface area (Å²) >= 11 is 0. The maximum Gasteiger partial charge on any atom is 0.134 e. The molecule has 2 unspecified atom stereocenters. The molecule has 1 fully saturated rings. The third-order valence-corrected chi connectivity index (χ3v) is 4.98. The van der Waals surface area contributed by atoms with Gasteiger partial charge in [0, 0.05) is 23.5 Å². The third-order valence-electron chi connectivity index (χ3n) is 4.98. The van der Waals surface area contributed by atoms with Gasteiger partial charge >= 0.3 is 0 Å². The van der Waals surface area contributed by atoms with Crippen LogP contribution in [-0.2, 0) is 13.1 Å². The Kier molecular flexibility index (Phi) is 4.32. The van der Waals surface area contributed by atoms with Gasteiger partial charge in [0.1, 0.15) is 11.3 Å². The zero-order chi connectivity index (χ0) is 14.8. The van der Waals surface area contributed by atoms with Crippen LogP contribution in [0.25, 0.3) is 11.0 Å². The third kappa shape index (κ3) is 2.85. The van der Waals surface area contributed by atoms with Crippen LogP contribution >= 0.6 is 0 Å². The number of nitrogens with zero attached hydrogens (tertiary/aromatic N) is 1. The van der Waals surface area contributed by atoms with Crippen LogP contribution in [-0.4, -0.2) is 24.5 Å². The second-order valence-electron chi connectivity index (χ2n) is 6.36. The molecule has 114 valence electrons. The Morgan fingerprint density at radius 3 is 2.90 bits per heavy atom. The first-order chi connectivity index (χ1) is 10.2. The fourth-order valence-corrected chi connectivity index (χ4v) is 3.47. The standard InChI is InChI=1S/C18H26N2O/c1-13-7-6-10-20(14(13)2)12-16-15-8-4-5-9-17(15)21-18(16)11-19-3/h4-5,8-9,13-14,19H,6-7,10-12H2,1-3H3. The van der Waals surface area contributed by atoms with E-state index in [-0.39, 0.29) is 0 Å². The maximum atomic E-state index is 6.05. The lowest BCUT2D eigenvalue weighted by molar-refractivity contribution is 0.106. The number of furan rings is 1. The first kappa shape index (κ1) is 14.6. The van der Waals surface area contributed by atoms with E-state index in [1.54, 1.807) is 0 Å². The Morgan fingerprint density at radius 2 is 2.10 bits per heavy atom. The van der Waals surface area contributed by atoms with Gasteiger partial charge in [-0.05, 0) is 45.3 Å². The number of hydrogen-bond acceptors (Lipinski definition) is 3. The number of piperidine rings is 1. The molecule has 0 spiro atoms. The molecular formula is C18H26N2O. The van der Waals surface area contributed by atoms with Crippen LogP contribution in [0.5, 0.6) is 0 Å². The van der Waals surface area contributed by atoms with Gasteiger partial charge in [-0.1, -0.05) is 25.1 Å². The SMILES string of the molecule is CNCc1oc2ccccc2c1CN1CCCC(C)C1C. The molecule has 2 heterocycles. The van der Waals surface area contributed by atoms with Crippen molar-refractivity contribution < 1.29 is 4.42 Å². The second-order valence-corrected chi connectivity index (χ2v) is 6.36. The molecule has 3 nitrogen and oxygen atoms in total. The van der Waals surface area contributed by atoms with Crippen molar-refractivity contribution in [3.63, 3.8) is 0 Å². The predicted octanol–water partition coefficient (Wildman–Crippen LogP) is 3.77. The van der Waals surface area contributed by atoms with E-state index in [1.165, 1.54) is 30.3 Å². The van der Waals surface area contributed by atoms with E-state index >= 15 is 0 Å². The number of hydrogen-bond donors (Lipinski definition) is 1. The smallest absolute Gasteiger partial charge is 0.134 e. The zero-order valence-electron chi connectivity index (χ0n) is 13.4. The first-order valence-electron chi connectivity index (χ1n) is 8.08. The maximum absolute atomic E-state index is 6.05. The summed E-state index contributed by atoms with van der Waals surface area (Å²) in [4.78, 5) is 2.62. The zero-order valence-corrected chi connectivity index (χ0v) is 13.4. The van der Waals surface area contributed by atoms with Crippen molar-refractivity contribution in [3.05, 3.63) is 35.6 Å². The van der Waals surface area contributed by atoms with E-state index in [0.717, 1.165) is 30.4 Å². The molecule has 0 amide bonds. The van der Waals surface area contributed by atoms with Crippen molar-refractivity contribution in [1.82, 2.24) is 10.2 Å². The second kappa shape index (κ2) is 6.20. The summed E-state index contributed by atoms with van der Waals surface area (Å²) in [6.45, 7) is 7.73. The van der Waals surface area contributed by atoms with E-state index in [9.17, 15) is 0 Å². The average molecular weight is 286 g/mol. The summed E-state index contributed by atoms with van der Waals surface area (Å²) in [5.41, 5.74) is 2.37. The van der Waals surface area contributed by atoms with Crippen LogP contribution < -0.4 is 5.32 Å². The Balaban J connectivity index is 1.93. The average Bonchev–Trinajstić information content (AvgIpc) is 2.82. The molecule has 0 radical (unpaired) electrons. The summed E-state index contributed by atoms with van der Waals surface area (Å²) in [6, 6.07) is 9.05. The van der Waals surface area contributed by atoms with Crippen LogP contribution in [0.2, 0.25) is 0 Å². The topological polar surface area (TPSA) is 28.4 Å². The molecule has 21 heavy (non-hydrogen) atoms. The molecule has 2 atom stereocenters. The lowest BCUT2D eigenvalue weighted by Gasteiger charge is -2.37. The molecule has 0 bridgehead atoms. The van der Waals surface area contributed by atoms with Crippen LogP contribution in [0.15, 0.2) is 28.7 Å². The molecule has 1 aliphatic rings. The van der Waals surface area contributed by atoms with Crippen molar-refractivity contribution in [2.45, 2.75) is 45.8 Å². The molecule has 1 aromatic carbocycles. The molecule has 0 aliphatic carbocycles. The van der Waals surface area contributed by atoms with E-state index in [4.69, 9.17) is 4.42 Å². The highest BCUT2D eigenvalue weighted by atomic mass is 16.3. The summed E-state index contributed by atoms with van der Waals surface area (Å²) in [6.07, 6.45) is 2.66. The lowest BCUT2D eigenvalue weighted by atomic mass is 9.91. The highest BCUT2D eigenvalue weighted by molar-refractivity contribution is 5.82. The van der Waals surface area contributed by atoms with E-state index in [1.807, 2.05) is 13.1 Å². The number of rotatable bonds is 4. The number of fused-ring (bicyclic) bond motifs is 1. The van der Waals surface area contributed by atoms with Crippen LogP contribution in [0.4, 0.5) is 0 Å². The molecule has 1 aromatic heterocycles. The van der Waals surface area contributed by atoms with E-state index < -0.39 is 0 Å². The highest BCUT2D eigenvalue weighted by Gasteiger charge is 2.26. The Morgan fingerprint density at radius 1 is 1.29 bits per heavy atom. The van der Waals surface area contributed by atoms with Gasteiger partial charge in [-0.3, -0.25) is 4.90 Å².